The molecule has 0 unspecified atom stereocenters. The highest BCUT2D eigenvalue weighted by atomic mass is 16.1. The van der Waals surface area contributed by atoms with Crippen molar-refractivity contribution in [2.75, 3.05) is 0 Å². The number of ketones is 2. The molecule has 0 radical (unpaired) electrons. The van der Waals surface area contributed by atoms with Crippen molar-refractivity contribution < 1.29 is 9.59 Å². The molecule has 0 fully saturated rings. The lowest BCUT2D eigenvalue weighted by atomic mass is 10.1. The maximum atomic E-state index is 12.2. The molecule has 0 saturated carbocycles. The minimum absolute atomic E-state index is 0.206. The zero-order chi connectivity index (χ0) is 14.1. The normalized spacial score (nSPS) is 10.8. The van der Waals surface area contributed by atoms with Crippen molar-refractivity contribution in [3.63, 3.8) is 0 Å². The van der Waals surface area contributed by atoms with Gasteiger partial charge in [0, 0.05) is 25.6 Å². The third-order valence-electron chi connectivity index (χ3n) is 2.97. The molecular weight excluding hydrogens is 258 g/mol. The molecule has 0 aliphatic carbocycles. The van der Waals surface area contributed by atoms with Gasteiger partial charge in [-0.05, 0) is 0 Å². The molecule has 3 rings (SSSR count). The lowest BCUT2D eigenvalue weighted by Gasteiger charge is -1.97. The number of hydrogen-bond donors (Lipinski definition) is 0. The van der Waals surface area contributed by atoms with Crippen molar-refractivity contribution in [3.05, 3.63) is 48.3 Å². The molecule has 0 aromatic carbocycles. The highest BCUT2D eigenvalue weighted by Crippen LogP contribution is 2.13. The summed E-state index contributed by atoms with van der Waals surface area (Å²) < 4.78 is 3.08. The number of aromatic nitrogens is 5. The summed E-state index contributed by atoms with van der Waals surface area (Å²) in [5.74, 6) is -0.534. The number of rotatable bonds is 4. The Balaban J connectivity index is 1.84. The van der Waals surface area contributed by atoms with Crippen molar-refractivity contribution in [1.29, 1.82) is 0 Å². The minimum atomic E-state index is -0.276. The van der Waals surface area contributed by atoms with Crippen LogP contribution in [-0.4, -0.2) is 35.9 Å². The number of fused-ring (bicyclic) bond motifs is 1. The van der Waals surface area contributed by atoms with Crippen LogP contribution in [0, 0.1) is 0 Å². The van der Waals surface area contributed by atoms with Gasteiger partial charge in [-0.15, -0.1) is 0 Å². The summed E-state index contributed by atoms with van der Waals surface area (Å²) in [7, 11) is 1.72. The van der Waals surface area contributed by atoms with Gasteiger partial charge in [0.2, 0.25) is 0 Å². The molecule has 3 aromatic rings. The van der Waals surface area contributed by atoms with Crippen LogP contribution in [0.5, 0.6) is 0 Å². The van der Waals surface area contributed by atoms with Gasteiger partial charge in [0.15, 0.2) is 11.6 Å². The summed E-state index contributed by atoms with van der Waals surface area (Å²) in [5.41, 5.74) is 1.42. The molecule has 20 heavy (non-hydrogen) atoms. The Morgan fingerprint density at radius 2 is 2.00 bits per heavy atom. The van der Waals surface area contributed by atoms with Gasteiger partial charge < -0.3 is 0 Å². The molecule has 0 bridgehead atoms. The first kappa shape index (κ1) is 12.2. The van der Waals surface area contributed by atoms with Gasteiger partial charge in [-0.25, -0.2) is 4.52 Å². The van der Waals surface area contributed by atoms with E-state index in [-0.39, 0.29) is 18.0 Å². The molecule has 7 nitrogen and oxygen atoms in total. The minimum Gasteiger partial charge on any atom is -0.294 e. The van der Waals surface area contributed by atoms with E-state index >= 15 is 0 Å². The molecule has 0 saturated heterocycles. The first-order valence-electron chi connectivity index (χ1n) is 5.97. The summed E-state index contributed by atoms with van der Waals surface area (Å²) in [6.45, 7) is 0. The zero-order valence-corrected chi connectivity index (χ0v) is 10.7. The largest absolute Gasteiger partial charge is 0.294 e. The van der Waals surface area contributed by atoms with Crippen LogP contribution < -0.4 is 0 Å². The highest BCUT2D eigenvalue weighted by molar-refractivity contribution is 6.15. The maximum Gasteiger partial charge on any atom is 0.174 e. The van der Waals surface area contributed by atoms with Gasteiger partial charge in [0.05, 0.1) is 41.7 Å². The number of hydrogen-bond acceptors (Lipinski definition) is 5. The molecular formula is C13H11N5O2. The first-order valence-corrected chi connectivity index (χ1v) is 5.97. The van der Waals surface area contributed by atoms with E-state index in [0.717, 1.165) is 0 Å². The number of carbonyl (C=O) groups excluding carboxylic acids is 2. The van der Waals surface area contributed by atoms with Gasteiger partial charge in [-0.2, -0.15) is 10.2 Å². The molecule has 0 spiro atoms. The second-order valence-corrected chi connectivity index (χ2v) is 4.39. The third kappa shape index (κ3) is 2.09. The van der Waals surface area contributed by atoms with Gasteiger partial charge in [-0.1, -0.05) is 0 Å². The van der Waals surface area contributed by atoms with E-state index in [1.807, 2.05) is 0 Å². The fourth-order valence-corrected chi connectivity index (χ4v) is 1.96. The second kappa shape index (κ2) is 4.69. The lowest BCUT2D eigenvalue weighted by molar-refractivity contribution is 0.0895. The van der Waals surface area contributed by atoms with Gasteiger partial charge in [0.1, 0.15) is 0 Å². The fourth-order valence-electron chi connectivity index (χ4n) is 1.96. The molecule has 100 valence electrons. The van der Waals surface area contributed by atoms with Crippen molar-refractivity contribution in [2.45, 2.75) is 6.42 Å². The average molecular weight is 269 g/mol. The Hall–Kier alpha value is -2.83. The predicted octanol–water partition coefficient (Wildman–Crippen LogP) is 0.918. The van der Waals surface area contributed by atoms with Crippen molar-refractivity contribution >= 4 is 17.1 Å². The van der Waals surface area contributed by atoms with Crippen LogP contribution in [-0.2, 0) is 7.05 Å². The van der Waals surface area contributed by atoms with Crippen LogP contribution >= 0.6 is 0 Å². The molecule has 7 heteroatoms. The molecule has 0 aliphatic rings. The number of Topliss-reactive ketones (excluding diaryl/α,β-unsaturated/α-hetero) is 2. The standard InChI is InChI=1S/C13H11N5O2/c1-17-8-9(5-15-17)12(19)4-13(20)10-6-16-18-3-2-14-7-11(10)18/h2-3,5-8H,4H2,1H3. The molecule has 0 amide bonds. The van der Waals surface area contributed by atoms with E-state index in [9.17, 15) is 9.59 Å². The third-order valence-corrected chi connectivity index (χ3v) is 2.97. The fraction of sp³-hybridized carbons (Fsp3) is 0.154. The summed E-state index contributed by atoms with van der Waals surface area (Å²) in [5, 5.41) is 7.97. The summed E-state index contributed by atoms with van der Waals surface area (Å²) in [6, 6.07) is 0. The Bertz CT molecular complexity index is 802. The maximum absolute atomic E-state index is 12.2. The molecule has 0 N–H and O–H groups in total. The second-order valence-electron chi connectivity index (χ2n) is 4.39. The van der Waals surface area contributed by atoms with E-state index in [1.165, 1.54) is 17.1 Å². The van der Waals surface area contributed by atoms with Crippen molar-refractivity contribution in [2.24, 2.45) is 7.05 Å². The predicted molar refractivity (Wildman–Crippen MR) is 69.5 cm³/mol. The quantitative estimate of drug-likeness (QED) is 0.519. The SMILES string of the molecule is Cn1cc(C(=O)CC(=O)c2cnn3ccncc23)cn1. The van der Waals surface area contributed by atoms with Crippen LogP contribution in [0.2, 0.25) is 0 Å². The summed E-state index contributed by atoms with van der Waals surface area (Å²) >= 11 is 0. The monoisotopic (exact) mass is 269 g/mol. The average Bonchev–Trinajstić information content (AvgIpc) is 3.04. The number of aryl methyl sites for hydroxylation is 1. The number of nitrogens with zero attached hydrogens (tertiary/aromatic N) is 5. The topological polar surface area (TPSA) is 82.2 Å². The van der Waals surface area contributed by atoms with Crippen molar-refractivity contribution in [1.82, 2.24) is 24.4 Å². The summed E-state index contributed by atoms with van der Waals surface area (Å²) in [6.07, 6.45) is 9.07. The van der Waals surface area contributed by atoms with Crippen LogP contribution in [0.25, 0.3) is 5.52 Å². The molecule has 3 heterocycles. The smallest absolute Gasteiger partial charge is 0.174 e. The highest BCUT2D eigenvalue weighted by Gasteiger charge is 2.18. The van der Waals surface area contributed by atoms with Crippen LogP contribution in [0.4, 0.5) is 0 Å². The first-order chi connectivity index (χ1) is 9.65. The zero-order valence-electron chi connectivity index (χ0n) is 10.7. The van der Waals surface area contributed by atoms with E-state index < -0.39 is 0 Å². The Morgan fingerprint density at radius 1 is 1.15 bits per heavy atom. The Morgan fingerprint density at radius 3 is 2.75 bits per heavy atom. The van der Waals surface area contributed by atoms with Crippen LogP contribution in [0.15, 0.2) is 37.2 Å². The Labute approximate surface area is 113 Å². The summed E-state index contributed by atoms with van der Waals surface area (Å²) in [4.78, 5) is 28.1. The van der Waals surface area contributed by atoms with E-state index in [2.05, 4.69) is 15.2 Å². The number of carbonyl (C=O) groups is 2. The van der Waals surface area contributed by atoms with E-state index in [4.69, 9.17) is 0 Å². The molecule has 3 aromatic heterocycles. The van der Waals surface area contributed by atoms with Crippen LogP contribution in [0.3, 0.4) is 0 Å². The molecule has 0 aliphatic heterocycles. The Kier molecular flexibility index (Phi) is 2.86. The van der Waals surface area contributed by atoms with Crippen LogP contribution in [0.1, 0.15) is 27.1 Å². The van der Waals surface area contributed by atoms with Crippen molar-refractivity contribution in [3.8, 4) is 0 Å². The molecule has 0 atom stereocenters. The van der Waals surface area contributed by atoms with E-state index in [1.54, 1.807) is 36.4 Å². The van der Waals surface area contributed by atoms with Gasteiger partial charge in [-0.3, -0.25) is 19.3 Å². The van der Waals surface area contributed by atoms with E-state index in [0.29, 0.717) is 16.6 Å². The van der Waals surface area contributed by atoms with Gasteiger partial charge >= 0.3 is 0 Å². The van der Waals surface area contributed by atoms with Gasteiger partial charge in [0.25, 0.3) is 0 Å². The lowest BCUT2D eigenvalue weighted by Crippen LogP contribution is -2.08.